The Balaban J connectivity index is 0.000000167. The Kier molecular flexibility index (Phi) is 15.9. The molecule has 0 atom stereocenters. The molecule has 10 rings (SSSR count). The van der Waals surface area contributed by atoms with E-state index in [-0.39, 0.29) is 22.7 Å². The quantitative estimate of drug-likeness (QED) is 0.133. The maximum absolute atomic E-state index is 6.96. The smallest absolute Gasteiger partial charge is 0.172 e. The molecule has 0 spiro atoms. The number of fused-ring (bicyclic) bond motifs is 3. The molecule has 0 heterocycles. The summed E-state index contributed by atoms with van der Waals surface area (Å²) in [6.07, 6.45) is 0. The fourth-order valence-corrected chi connectivity index (χ4v) is 14.7. The van der Waals surface area contributed by atoms with Crippen LogP contribution in [0.2, 0.25) is 0 Å². The van der Waals surface area contributed by atoms with Crippen molar-refractivity contribution in [2.24, 2.45) is 0 Å². The van der Waals surface area contributed by atoms with E-state index in [1.165, 1.54) is 80.4 Å². The van der Waals surface area contributed by atoms with Crippen LogP contribution in [0.4, 0.5) is 0 Å². The summed E-state index contributed by atoms with van der Waals surface area (Å²) in [6, 6.07) is 86.2. The number of halogens is 2. The first-order chi connectivity index (χ1) is 32.9. The minimum atomic E-state index is -2.88. The fourth-order valence-electron chi connectivity index (χ4n) is 9.45. The summed E-state index contributed by atoms with van der Waals surface area (Å²) in [6.45, 7) is 13.9. The molecular formula is C65H60Cl2Zr-2. The molecule has 3 heteroatoms. The average molecular weight is 1000 g/mol. The maximum Gasteiger partial charge on any atom is -0.172 e. The van der Waals surface area contributed by atoms with Crippen LogP contribution in [-0.4, -0.2) is 3.21 Å². The topological polar surface area (TPSA) is 0 Å². The Morgan fingerprint density at radius 1 is 0.397 bits per heavy atom. The zero-order chi connectivity index (χ0) is 47.7. The zero-order valence-electron chi connectivity index (χ0n) is 40.0. The second-order valence-electron chi connectivity index (χ2n) is 19.5. The average Bonchev–Trinajstić information content (AvgIpc) is 4.07. The van der Waals surface area contributed by atoms with Crippen LogP contribution < -0.4 is 0 Å². The van der Waals surface area contributed by atoms with E-state index in [1.807, 2.05) is 30.3 Å². The summed E-state index contributed by atoms with van der Waals surface area (Å²) < 4.78 is 1.26. The number of hydrogen-bond donors (Lipinski definition) is 0. The summed E-state index contributed by atoms with van der Waals surface area (Å²) in [7, 11) is 13.9. The van der Waals surface area contributed by atoms with Crippen molar-refractivity contribution in [1.29, 1.82) is 0 Å². The van der Waals surface area contributed by atoms with Crippen LogP contribution in [0.15, 0.2) is 243 Å². The van der Waals surface area contributed by atoms with Gasteiger partial charge in [-0.2, -0.15) is 18.2 Å². The summed E-state index contributed by atoms with van der Waals surface area (Å²) in [5.41, 5.74) is 13.1. The Morgan fingerprint density at radius 2 is 0.691 bits per heavy atom. The van der Waals surface area contributed by atoms with E-state index >= 15 is 0 Å². The van der Waals surface area contributed by atoms with E-state index < -0.39 is 18.9 Å². The van der Waals surface area contributed by atoms with Gasteiger partial charge in [0.15, 0.2) is 0 Å². The third kappa shape index (κ3) is 11.6. The summed E-state index contributed by atoms with van der Waals surface area (Å²) in [5, 5.41) is 5.36. The molecule has 0 radical (unpaired) electrons. The van der Waals surface area contributed by atoms with Gasteiger partial charge in [0, 0.05) is 0 Å². The van der Waals surface area contributed by atoms with Crippen LogP contribution in [0, 0.1) is 0 Å². The Bertz CT molecular complexity index is 2860. The van der Waals surface area contributed by atoms with Gasteiger partial charge in [-0.05, 0) is 44.2 Å². The van der Waals surface area contributed by atoms with Gasteiger partial charge in [0.2, 0.25) is 0 Å². The molecule has 0 aliphatic heterocycles. The van der Waals surface area contributed by atoms with Crippen molar-refractivity contribution in [2.45, 2.75) is 64.2 Å². The molecule has 0 aliphatic carbocycles. The Labute approximate surface area is 419 Å². The molecular weight excluding hydrogens is 943 g/mol. The van der Waals surface area contributed by atoms with E-state index in [4.69, 9.17) is 17.0 Å². The number of rotatable bonds is 8. The normalized spacial score (nSPS) is 11.5. The second kappa shape index (κ2) is 22.2. The van der Waals surface area contributed by atoms with Gasteiger partial charge in [-0.1, -0.05) is 114 Å². The van der Waals surface area contributed by atoms with Gasteiger partial charge >= 0.3 is 195 Å². The maximum atomic E-state index is 6.96. The minimum Gasteiger partial charge on any atom is -0.214 e. The van der Waals surface area contributed by atoms with Gasteiger partial charge in [-0.25, -0.2) is 12.1 Å². The van der Waals surface area contributed by atoms with Crippen molar-refractivity contribution >= 4 is 41.8 Å². The van der Waals surface area contributed by atoms with Gasteiger partial charge in [0.1, 0.15) is 0 Å². The number of hydrogen-bond acceptors (Lipinski definition) is 0. The van der Waals surface area contributed by atoms with E-state index in [0.717, 1.165) is 0 Å². The largest absolute Gasteiger partial charge is 0.214 e. The third-order valence-electron chi connectivity index (χ3n) is 12.7. The molecule has 0 saturated carbocycles. The number of benzene rings is 8. The first-order valence-corrected chi connectivity index (χ1v) is 31.2. The van der Waals surface area contributed by atoms with Crippen LogP contribution in [0.1, 0.15) is 86.8 Å². The SMILES string of the molecule is CC(C)(C)c1cc2c(cc1-c1ccccc1)[cH-]c1cc(-c3ccccc3)c(C(C)(C)C)cc12.[Cl][Zr]([Cl])=[C](C(c1ccccc1)c1ccccc1)C(c1ccccc1)c1ccccc1.c1cc[cH-]c1. The van der Waals surface area contributed by atoms with Crippen molar-refractivity contribution in [3.63, 3.8) is 0 Å². The molecule has 0 nitrogen and oxygen atoms in total. The van der Waals surface area contributed by atoms with Gasteiger partial charge in [-0.15, -0.1) is 39.7 Å². The van der Waals surface area contributed by atoms with Crippen molar-refractivity contribution in [3.05, 3.63) is 276 Å². The first-order valence-electron chi connectivity index (χ1n) is 23.6. The molecule has 0 aromatic heterocycles. The van der Waals surface area contributed by atoms with Crippen LogP contribution >= 0.6 is 17.0 Å². The molecule has 0 saturated heterocycles. The molecule has 0 N–H and O–H groups in total. The molecule has 0 aliphatic rings. The molecule has 0 bridgehead atoms. The molecule has 10 aromatic rings. The standard InChI is InChI=1S/C33H33.C27H22.C5H5.2ClH.Zr/c1-32(2,3)30-20-26-24(18-28(30)22-13-9-7-10-14-22)17-25-19-29(23-15-11-8-12-16-23)31(21-27(25)26)33(4,5)6;1-5-13-22(14-6-1)26(23-15-7-2-8-16-23)21-27(24-17-9-3-10-18-24)25-19-11-4-12-20-25;1-2-4-5-3-1;;;/h7-21H,1-6H3;1-20,26-27H;1-5H;2*1H;/q-1;;-1;;;+2/p-2. The van der Waals surface area contributed by atoms with E-state index in [1.54, 1.807) is 0 Å². The van der Waals surface area contributed by atoms with Crippen molar-refractivity contribution < 1.29 is 18.9 Å². The second-order valence-corrected chi connectivity index (χ2v) is 27.8. The fraction of sp³-hybridized carbons (Fsp3) is 0.154. The van der Waals surface area contributed by atoms with Crippen molar-refractivity contribution in [1.82, 2.24) is 0 Å². The van der Waals surface area contributed by atoms with Gasteiger partial charge in [0.05, 0.1) is 0 Å². The molecule has 0 unspecified atom stereocenters. The molecule has 340 valence electrons. The van der Waals surface area contributed by atoms with Crippen LogP contribution in [-0.2, 0) is 29.7 Å². The van der Waals surface area contributed by atoms with Gasteiger partial charge < -0.3 is 0 Å². The van der Waals surface area contributed by atoms with Crippen LogP contribution in [0.3, 0.4) is 0 Å². The van der Waals surface area contributed by atoms with E-state index in [0.29, 0.717) is 0 Å². The Morgan fingerprint density at radius 3 is 0.941 bits per heavy atom. The third-order valence-corrected chi connectivity index (χ3v) is 17.8. The van der Waals surface area contributed by atoms with Crippen molar-refractivity contribution in [3.8, 4) is 22.3 Å². The first kappa shape index (κ1) is 48.8. The van der Waals surface area contributed by atoms with Crippen molar-refractivity contribution in [2.75, 3.05) is 0 Å². The molecule has 0 fully saturated rings. The van der Waals surface area contributed by atoms with Crippen LogP contribution in [0.25, 0.3) is 43.8 Å². The van der Waals surface area contributed by atoms with Gasteiger partial charge in [-0.3, -0.25) is 0 Å². The van der Waals surface area contributed by atoms with E-state index in [9.17, 15) is 0 Å². The zero-order valence-corrected chi connectivity index (χ0v) is 44.0. The summed E-state index contributed by atoms with van der Waals surface area (Å²) in [5.74, 6) is 0.115. The molecule has 0 amide bonds. The van der Waals surface area contributed by atoms with E-state index in [2.05, 4.69) is 254 Å². The monoisotopic (exact) mass is 1000 g/mol. The molecule has 68 heavy (non-hydrogen) atoms. The van der Waals surface area contributed by atoms with Gasteiger partial charge in [0.25, 0.3) is 0 Å². The van der Waals surface area contributed by atoms with Crippen LogP contribution in [0.5, 0.6) is 0 Å². The predicted octanol–water partition coefficient (Wildman–Crippen LogP) is 18.8. The minimum absolute atomic E-state index is 0.0554. The predicted molar refractivity (Wildman–Crippen MR) is 294 cm³/mol. The Hall–Kier alpha value is -5.69. The molecule has 10 aromatic carbocycles. The summed E-state index contributed by atoms with van der Waals surface area (Å²) in [4.78, 5) is 0. The summed E-state index contributed by atoms with van der Waals surface area (Å²) >= 11 is -2.88.